The molecule has 2 heterocycles. The van der Waals surface area contributed by atoms with Crippen LogP contribution in [0.3, 0.4) is 0 Å². The van der Waals surface area contributed by atoms with E-state index in [0.717, 1.165) is 38.6 Å². The third-order valence-electron chi connectivity index (χ3n) is 7.50. The molecule has 200 valence electrons. The zero-order chi connectivity index (χ0) is 26.3. The van der Waals surface area contributed by atoms with Crippen LogP contribution in [0, 0.1) is 5.41 Å². The Kier molecular flexibility index (Phi) is 9.91. The minimum absolute atomic E-state index is 0.0536. The topological polar surface area (TPSA) is 93.8 Å². The first-order chi connectivity index (χ1) is 17.1. The molecule has 2 aliphatic rings. The van der Waals surface area contributed by atoms with Gasteiger partial charge < -0.3 is 25.8 Å². The van der Waals surface area contributed by atoms with Gasteiger partial charge in [0, 0.05) is 25.7 Å². The second kappa shape index (κ2) is 12.7. The molecule has 2 saturated heterocycles. The highest BCUT2D eigenvalue weighted by Crippen LogP contribution is 2.27. The number of hydrogen-bond donors (Lipinski definition) is 3. The summed E-state index contributed by atoms with van der Waals surface area (Å²) in [5, 5.41) is 9.28. The molecule has 3 amide bonds. The fourth-order valence-electron chi connectivity index (χ4n) is 5.10. The number of amides is 3. The van der Waals surface area contributed by atoms with E-state index in [-0.39, 0.29) is 35.8 Å². The maximum atomic E-state index is 13.8. The number of nitrogens with zero attached hydrogens (tertiary/aromatic N) is 2. The highest BCUT2D eigenvalue weighted by Gasteiger charge is 2.41. The van der Waals surface area contributed by atoms with Crippen LogP contribution in [0.25, 0.3) is 0 Å². The van der Waals surface area contributed by atoms with Crippen molar-refractivity contribution in [3.8, 4) is 0 Å². The molecule has 36 heavy (non-hydrogen) atoms. The number of hydrogen-bond acceptors (Lipinski definition) is 5. The summed E-state index contributed by atoms with van der Waals surface area (Å²) in [4.78, 5) is 43.8. The molecule has 1 aromatic carbocycles. The van der Waals surface area contributed by atoms with E-state index in [9.17, 15) is 14.4 Å². The summed E-state index contributed by atoms with van der Waals surface area (Å²) in [6.45, 7) is 10.4. The van der Waals surface area contributed by atoms with Gasteiger partial charge in [0.05, 0.1) is 12.1 Å². The Morgan fingerprint density at radius 1 is 1.14 bits per heavy atom. The van der Waals surface area contributed by atoms with Crippen LogP contribution in [-0.2, 0) is 20.8 Å². The van der Waals surface area contributed by atoms with E-state index in [1.165, 1.54) is 5.56 Å². The molecule has 3 rings (SSSR count). The standard InChI is InChI=1S/C28H45N5O3/c1-20(29-5)25(34)31-24(28(2,3)4)27(36)33-17-10-13-22(33)19-32(26(35)23-14-9-16-30-23)18-15-21-11-7-6-8-12-21/h6-8,11-12,20,22-24,29-30H,9-10,13-19H2,1-5H3,(H,31,34)/t20-,22-,23+,24+/m0/s1. The predicted molar refractivity (Wildman–Crippen MR) is 142 cm³/mol. The summed E-state index contributed by atoms with van der Waals surface area (Å²) in [5.74, 6) is -0.115. The van der Waals surface area contributed by atoms with Crippen LogP contribution in [0.5, 0.6) is 0 Å². The summed E-state index contributed by atoms with van der Waals surface area (Å²) in [7, 11) is 1.73. The highest BCUT2D eigenvalue weighted by molar-refractivity contribution is 5.90. The molecule has 8 nitrogen and oxygen atoms in total. The maximum Gasteiger partial charge on any atom is 0.246 e. The molecule has 1 aromatic rings. The second-order valence-electron chi connectivity index (χ2n) is 11.3. The van der Waals surface area contributed by atoms with Gasteiger partial charge in [0.15, 0.2) is 0 Å². The lowest BCUT2D eigenvalue weighted by molar-refractivity contribution is -0.142. The van der Waals surface area contributed by atoms with Crippen molar-refractivity contribution in [1.29, 1.82) is 0 Å². The molecule has 2 fully saturated rings. The van der Waals surface area contributed by atoms with Gasteiger partial charge in [0.25, 0.3) is 0 Å². The maximum absolute atomic E-state index is 13.8. The zero-order valence-electron chi connectivity index (χ0n) is 22.7. The van der Waals surface area contributed by atoms with Crippen molar-refractivity contribution in [2.45, 2.75) is 84.0 Å². The molecular formula is C28H45N5O3. The van der Waals surface area contributed by atoms with Gasteiger partial charge >= 0.3 is 0 Å². The van der Waals surface area contributed by atoms with Crippen LogP contribution in [0.15, 0.2) is 30.3 Å². The van der Waals surface area contributed by atoms with Crippen molar-refractivity contribution in [2.24, 2.45) is 5.41 Å². The Morgan fingerprint density at radius 2 is 1.86 bits per heavy atom. The number of carbonyl (C=O) groups is 3. The summed E-state index contributed by atoms with van der Waals surface area (Å²) in [6, 6.07) is 9.00. The molecule has 0 unspecified atom stereocenters. The molecule has 0 aromatic heterocycles. The molecule has 8 heteroatoms. The van der Waals surface area contributed by atoms with E-state index in [1.54, 1.807) is 14.0 Å². The number of benzene rings is 1. The molecule has 3 N–H and O–H groups in total. The van der Waals surface area contributed by atoms with E-state index < -0.39 is 11.5 Å². The normalized spacial score (nSPS) is 21.8. The second-order valence-corrected chi connectivity index (χ2v) is 11.3. The van der Waals surface area contributed by atoms with Gasteiger partial charge in [0.2, 0.25) is 17.7 Å². The largest absolute Gasteiger partial charge is 0.342 e. The van der Waals surface area contributed by atoms with Crippen LogP contribution in [0.1, 0.15) is 58.9 Å². The fourth-order valence-corrected chi connectivity index (χ4v) is 5.10. The third kappa shape index (κ3) is 7.29. The third-order valence-corrected chi connectivity index (χ3v) is 7.50. The minimum Gasteiger partial charge on any atom is -0.342 e. The van der Waals surface area contributed by atoms with Gasteiger partial charge in [0.1, 0.15) is 6.04 Å². The number of rotatable bonds is 10. The lowest BCUT2D eigenvalue weighted by atomic mass is 9.85. The molecule has 0 spiro atoms. The van der Waals surface area contributed by atoms with Gasteiger partial charge in [-0.1, -0.05) is 51.1 Å². The molecular weight excluding hydrogens is 454 g/mol. The molecule has 0 bridgehead atoms. The van der Waals surface area contributed by atoms with E-state index in [1.807, 2.05) is 48.8 Å². The van der Waals surface area contributed by atoms with Crippen LogP contribution >= 0.6 is 0 Å². The Balaban J connectivity index is 1.75. The summed E-state index contributed by atoms with van der Waals surface area (Å²) < 4.78 is 0. The van der Waals surface area contributed by atoms with E-state index in [2.05, 4.69) is 28.1 Å². The van der Waals surface area contributed by atoms with E-state index in [4.69, 9.17) is 0 Å². The van der Waals surface area contributed by atoms with Crippen molar-refractivity contribution in [3.05, 3.63) is 35.9 Å². The SMILES string of the molecule is CN[C@@H](C)C(=O)N[C@H](C(=O)N1CCC[C@H]1CN(CCc1ccccc1)C(=O)[C@H]1CCCN1)C(C)(C)C. The Hall–Kier alpha value is -2.45. The average molecular weight is 500 g/mol. The van der Waals surface area contributed by atoms with E-state index in [0.29, 0.717) is 19.6 Å². The number of nitrogens with one attached hydrogen (secondary N) is 3. The quantitative estimate of drug-likeness (QED) is 0.458. The van der Waals surface area contributed by atoms with Gasteiger partial charge in [-0.05, 0) is 63.6 Å². The number of likely N-dealkylation sites (tertiary alicyclic amines) is 1. The minimum atomic E-state index is -0.633. The lowest BCUT2D eigenvalue weighted by Crippen LogP contribution is -2.59. The Morgan fingerprint density at radius 3 is 2.47 bits per heavy atom. The van der Waals surface area contributed by atoms with Gasteiger partial charge in [-0.15, -0.1) is 0 Å². The number of likely N-dealkylation sites (N-methyl/N-ethyl adjacent to an activating group) is 1. The highest BCUT2D eigenvalue weighted by atomic mass is 16.2. The first kappa shape index (κ1) is 28.1. The molecule has 4 atom stereocenters. The average Bonchev–Trinajstić information content (AvgIpc) is 3.56. The monoisotopic (exact) mass is 499 g/mol. The van der Waals surface area contributed by atoms with Crippen LogP contribution < -0.4 is 16.0 Å². The number of carbonyl (C=O) groups excluding carboxylic acids is 3. The fraction of sp³-hybridized carbons (Fsp3) is 0.679. The first-order valence-electron chi connectivity index (χ1n) is 13.5. The Bertz CT molecular complexity index is 879. The van der Waals surface area contributed by atoms with Crippen molar-refractivity contribution in [3.63, 3.8) is 0 Å². The molecule has 0 saturated carbocycles. The molecule has 0 radical (unpaired) electrons. The van der Waals surface area contributed by atoms with E-state index >= 15 is 0 Å². The van der Waals surface area contributed by atoms with Crippen LogP contribution in [0.4, 0.5) is 0 Å². The Labute approximate surface area is 216 Å². The van der Waals surface area contributed by atoms with Crippen molar-refractivity contribution in [1.82, 2.24) is 25.8 Å². The lowest BCUT2D eigenvalue weighted by Gasteiger charge is -2.38. The predicted octanol–water partition coefficient (Wildman–Crippen LogP) is 1.94. The van der Waals surface area contributed by atoms with Crippen molar-refractivity contribution in [2.75, 3.05) is 33.2 Å². The first-order valence-corrected chi connectivity index (χ1v) is 13.5. The van der Waals surface area contributed by atoms with Gasteiger partial charge in [-0.2, -0.15) is 0 Å². The van der Waals surface area contributed by atoms with Crippen molar-refractivity contribution >= 4 is 17.7 Å². The summed E-state index contributed by atoms with van der Waals surface area (Å²) >= 11 is 0. The van der Waals surface area contributed by atoms with Crippen molar-refractivity contribution < 1.29 is 14.4 Å². The summed E-state index contributed by atoms with van der Waals surface area (Å²) in [6.07, 6.45) is 4.40. The summed E-state index contributed by atoms with van der Waals surface area (Å²) in [5.41, 5.74) is 0.757. The smallest absolute Gasteiger partial charge is 0.246 e. The van der Waals surface area contributed by atoms with Gasteiger partial charge in [-0.25, -0.2) is 0 Å². The molecule has 0 aliphatic carbocycles. The molecule has 2 aliphatic heterocycles. The van der Waals surface area contributed by atoms with Crippen LogP contribution in [0.2, 0.25) is 0 Å². The van der Waals surface area contributed by atoms with Crippen LogP contribution in [-0.4, -0.2) is 84.9 Å². The van der Waals surface area contributed by atoms with Gasteiger partial charge in [-0.3, -0.25) is 14.4 Å². The zero-order valence-corrected chi connectivity index (χ0v) is 22.7.